The first kappa shape index (κ1) is 26.3. The number of aliphatic imine (C=N–C) groups is 1. The number of fused-ring (bicyclic) bond motifs is 2. The molecule has 0 atom stereocenters. The zero-order valence-corrected chi connectivity index (χ0v) is 23.0. The number of thioether (sulfide) groups is 1. The van der Waals surface area contributed by atoms with Crippen LogP contribution in [0.2, 0.25) is 0 Å². The molecule has 8 nitrogen and oxygen atoms in total. The Morgan fingerprint density at radius 2 is 1.76 bits per heavy atom. The van der Waals surface area contributed by atoms with Crippen molar-refractivity contribution < 1.29 is 14.3 Å². The molecule has 1 aromatic heterocycles. The lowest BCUT2D eigenvalue weighted by Crippen LogP contribution is -2.35. The van der Waals surface area contributed by atoms with Crippen LogP contribution in [0.15, 0.2) is 113 Å². The molecule has 0 unspecified atom stereocenters. The van der Waals surface area contributed by atoms with Gasteiger partial charge in [-0.25, -0.2) is 0 Å². The van der Waals surface area contributed by atoms with Gasteiger partial charge in [-0.05, 0) is 54.1 Å². The maximum atomic E-state index is 13.0. The fourth-order valence-corrected chi connectivity index (χ4v) is 5.50. The summed E-state index contributed by atoms with van der Waals surface area (Å²) in [6, 6.07) is 25.4. The minimum absolute atomic E-state index is 0.0128. The molecule has 1 N–H and O–H groups in total. The number of para-hydroxylation sites is 3. The maximum absolute atomic E-state index is 13.0. The molecular weight excluding hydrogens is 534 g/mol. The van der Waals surface area contributed by atoms with Crippen molar-refractivity contribution in [2.75, 3.05) is 13.2 Å². The van der Waals surface area contributed by atoms with Gasteiger partial charge in [0.1, 0.15) is 29.8 Å². The van der Waals surface area contributed by atoms with Gasteiger partial charge in [0.15, 0.2) is 5.84 Å². The smallest absolute Gasteiger partial charge is 0.283 e. The minimum atomic E-state index is -0.465. The predicted octanol–water partition coefficient (Wildman–Crippen LogP) is 6.15. The van der Waals surface area contributed by atoms with Crippen LogP contribution in [-0.4, -0.2) is 44.7 Å². The lowest BCUT2D eigenvalue weighted by molar-refractivity contribution is -0.114. The molecule has 6 rings (SSSR count). The molecule has 204 valence electrons. The number of hydrogen-bond donors (Lipinski definition) is 1. The standard InChI is InChI=1S/C32H27N5O3S/c1-2-10-22-11-6-9-16-28(22)39-18-17-36-20-23(25-14-7-8-15-27(25)36)19-26-30(33)37-32(34-31(26)38)41-29(35-37)21-40-24-12-4-3-5-13-24/h2-9,11-16,19-20,33H,1,10,17-18,21H2. The molecule has 3 aromatic carbocycles. The monoisotopic (exact) mass is 561 g/mol. The minimum Gasteiger partial charge on any atom is -0.491 e. The third-order valence-corrected chi connectivity index (χ3v) is 7.53. The highest BCUT2D eigenvalue weighted by Crippen LogP contribution is 2.30. The zero-order chi connectivity index (χ0) is 28.2. The van der Waals surface area contributed by atoms with Gasteiger partial charge in [-0.2, -0.15) is 15.1 Å². The van der Waals surface area contributed by atoms with E-state index in [1.807, 2.05) is 91.1 Å². The highest BCUT2D eigenvalue weighted by atomic mass is 32.2. The van der Waals surface area contributed by atoms with Gasteiger partial charge in [0, 0.05) is 22.7 Å². The van der Waals surface area contributed by atoms with E-state index in [0.717, 1.165) is 39.9 Å². The van der Waals surface area contributed by atoms with E-state index in [4.69, 9.17) is 14.9 Å². The summed E-state index contributed by atoms with van der Waals surface area (Å²) >= 11 is 1.24. The molecule has 0 fully saturated rings. The average Bonchev–Trinajstić information content (AvgIpc) is 3.57. The normalized spacial score (nSPS) is 15.6. The molecular formula is C32H27N5O3S. The van der Waals surface area contributed by atoms with Crippen LogP contribution in [0.25, 0.3) is 17.0 Å². The summed E-state index contributed by atoms with van der Waals surface area (Å²) < 4.78 is 14.0. The number of allylic oxidation sites excluding steroid dienone is 1. The average molecular weight is 562 g/mol. The second kappa shape index (κ2) is 11.7. The number of nitrogens with zero attached hydrogens (tertiary/aromatic N) is 4. The maximum Gasteiger partial charge on any atom is 0.283 e. The van der Waals surface area contributed by atoms with Crippen LogP contribution in [0, 0.1) is 5.41 Å². The summed E-state index contributed by atoms with van der Waals surface area (Å²) in [5.74, 6) is 1.09. The number of amidine groups is 2. The van der Waals surface area contributed by atoms with Gasteiger partial charge in [0.05, 0.1) is 12.1 Å². The number of ether oxygens (including phenoxy) is 2. The van der Waals surface area contributed by atoms with Crippen LogP contribution in [0.5, 0.6) is 11.5 Å². The van der Waals surface area contributed by atoms with Gasteiger partial charge in [0.2, 0.25) is 5.17 Å². The zero-order valence-electron chi connectivity index (χ0n) is 22.2. The Labute approximate surface area is 241 Å². The molecule has 4 aromatic rings. The predicted molar refractivity (Wildman–Crippen MR) is 165 cm³/mol. The van der Waals surface area contributed by atoms with Crippen LogP contribution in [0.1, 0.15) is 11.1 Å². The van der Waals surface area contributed by atoms with E-state index in [1.54, 1.807) is 6.08 Å². The molecule has 2 aliphatic heterocycles. The fraction of sp³-hybridized carbons (Fsp3) is 0.125. The van der Waals surface area contributed by atoms with Crippen molar-refractivity contribution in [3.63, 3.8) is 0 Å². The number of rotatable bonds is 10. The first-order valence-electron chi connectivity index (χ1n) is 13.2. The van der Waals surface area contributed by atoms with Crippen LogP contribution >= 0.6 is 11.8 Å². The highest BCUT2D eigenvalue weighted by Gasteiger charge is 2.36. The van der Waals surface area contributed by atoms with Crippen LogP contribution in [-0.2, 0) is 17.8 Å². The van der Waals surface area contributed by atoms with E-state index >= 15 is 0 Å². The Bertz CT molecular complexity index is 1740. The molecule has 0 radical (unpaired) electrons. The molecule has 0 bridgehead atoms. The van der Waals surface area contributed by atoms with E-state index in [2.05, 4.69) is 21.2 Å². The first-order valence-corrected chi connectivity index (χ1v) is 14.0. The molecule has 0 aliphatic carbocycles. The fourth-order valence-electron chi connectivity index (χ4n) is 4.71. The highest BCUT2D eigenvalue weighted by molar-refractivity contribution is 8.27. The van der Waals surface area contributed by atoms with Crippen molar-refractivity contribution in [1.82, 2.24) is 9.58 Å². The molecule has 0 saturated heterocycles. The van der Waals surface area contributed by atoms with Crippen molar-refractivity contribution in [1.29, 1.82) is 5.41 Å². The third-order valence-electron chi connectivity index (χ3n) is 6.65. The second-order valence-electron chi connectivity index (χ2n) is 9.36. The van der Waals surface area contributed by atoms with Crippen molar-refractivity contribution in [2.24, 2.45) is 10.1 Å². The van der Waals surface area contributed by atoms with Crippen LogP contribution < -0.4 is 9.47 Å². The number of hydrogen-bond acceptors (Lipinski definition) is 6. The SMILES string of the molecule is C=CCc1ccccc1OCCn1cc(C=C2C(=N)N3N=C(COc4ccccc4)SC3=NC2=O)c2ccccc21. The molecule has 1 amide bonds. The third kappa shape index (κ3) is 5.57. The van der Waals surface area contributed by atoms with E-state index in [9.17, 15) is 4.79 Å². The van der Waals surface area contributed by atoms with Crippen molar-refractivity contribution in [3.8, 4) is 11.5 Å². The summed E-state index contributed by atoms with van der Waals surface area (Å²) in [5.41, 5.74) is 3.11. The number of carbonyl (C=O) groups is 1. The largest absolute Gasteiger partial charge is 0.491 e. The summed E-state index contributed by atoms with van der Waals surface area (Å²) in [6.07, 6.45) is 6.32. The lowest BCUT2D eigenvalue weighted by Gasteiger charge is -2.20. The van der Waals surface area contributed by atoms with Crippen molar-refractivity contribution in [3.05, 3.63) is 114 Å². The van der Waals surface area contributed by atoms with Crippen LogP contribution in [0.3, 0.4) is 0 Å². The second-order valence-corrected chi connectivity index (χ2v) is 10.4. The molecule has 0 spiro atoms. The van der Waals surface area contributed by atoms with E-state index in [0.29, 0.717) is 23.4 Å². The molecule has 9 heteroatoms. The number of amides is 1. The first-order chi connectivity index (χ1) is 20.1. The lowest BCUT2D eigenvalue weighted by atomic mass is 10.1. The Kier molecular flexibility index (Phi) is 7.51. The summed E-state index contributed by atoms with van der Waals surface area (Å²) in [6.45, 7) is 5.13. The van der Waals surface area contributed by atoms with E-state index in [-0.39, 0.29) is 18.0 Å². The van der Waals surface area contributed by atoms with Gasteiger partial charge in [0.25, 0.3) is 5.91 Å². The molecule has 3 heterocycles. The number of hydrazone groups is 1. The van der Waals surface area contributed by atoms with Gasteiger partial charge >= 0.3 is 0 Å². The molecule has 0 saturated carbocycles. The Morgan fingerprint density at radius 1 is 0.976 bits per heavy atom. The number of nitrogens with one attached hydrogen (secondary N) is 1. The summed E-state index contributed by atoms with van der Waals surface area (Å²) in [7, 11) is 0. The Balaban J connectivity index is 1.21. The Morgan fingerprint density at radius 3 is 2.61 bits per heavy atom. The summed E-state index contributed by atoms with van der Waals surface area (Å²) in [4.78, 5) is 17.3. The van der Waals surface area contributed by atoms with Crippen molar-refractivity contribution >= 4 is 50.7 Å². The molecule has 41 heavy (non-hydrogen) atoms. The topological polar surface area (TPSA) is 92.3 Å². The Hall–Kier alpha value is -4.89. The summed E-state index contributed by atoms with van der Waals surface area (Å²) in [5, 5.41) is 16.6. The molecule has 2 aliphatic rings. The van der Waals surface area contributed by atoms with Gasteiger partial charge in [-0.15, -0.1) is 6.58 Å². The van der Waals surface area contributed by atoms with Gasteiger partial charge in [-0.1, -0.05) is 60.7 Å². The number of benzene rings is 3. The number of aromatic nitrogens is 1. The van der Waals surface area contributed by atoms with Gasteiger partial charge in [-0.3, -0.25) is 10.2 Å². The van der Waals surface area contributed by atoms with E-state index < -0.39 is 5.91 Å². The van der Waals surface area contributed by atoms with Gasteiger partial charge < -0.3 is 14.0 Å². The quantitative estimate of drug-likeness (QED) is 0.185. The van der Waals surface area contributed by atoms with Crippen LogP contribution in [0.4, 0.5) is 0 Å². The van der Waals surface area contributed by atoms with Crippen molar-refractivity contribution in [2.45, 2.75) is 13.0 Å². The van der Waals surface area contributed by atoms with E-state index in [1.165, 1.54) is 16.8 Å². The number of carbonyl (C=O) groups excluding carboxylic acids is 1.